The maximum Gasteiger partial charge on any atom is 0.252 e. The number of carbonyl (C=O) groups is 1. The van der Waals surface area contributed by atoms with Gasteiger partial charge in [-0.1, -0.05) is 12.1 Å². The van der Waals surface area contributed by atoms with E-state index in [1.165, 1.54) is 0 Å². The highest BCUT2D eigenvalue weighted by Crippen LogP contribution is 2.17. The Morgan fingerprint density at radius 3 is 2.67 bits per heavy atom. The van der Waals surface area contributed by atoms with E-state index in [9.17, 15) is 4.79 Å². The number of hydrogen-bond donors (Lipinski definition) is 1. The van der Waals surface area contributed by atoms with E-state index in [0.29, 0.717) is 12.1 Å². The van der Waals surface area contributed by atoms with Crippen molar-refractivity contribution < 1.29 is 4.79 Å². The maximum atomic E-state index is 12.0. The van der Waals surface area contributed by atoms with Crippen LogP contribution in [0.2, 0.25) is 0 Å². The molecule has 0 aliphatic rings. The highest BCUT2D eigenvalue weighted by molar-refractivity contribution is 9.10. The van der Waals surface area contributed by atoms with E-state index in [4.69, 9.17) is 0 Å². The fourth-order valence-corrected chi connectivity index (χ4v) is 2.49. The van der Waals surface area contributed by atoms with Crippen LogP contribution in [0.3, 0.4) is 0 Å². The second kappa shape index (κ2) is 5.67. The summed E-state index contributed by atoms with van der Waals surface area (Å²) < 4.78 is 3.40. The lowest BCUT2D eigenvalue weighted by molar-refractivity contribution is 0.0949. The third-order valence-corrected chi connectivity index (χ3v) is 3.90. The number of halogens is 2. The van der Waals surface area contributed by atoms with Gasteiger partial charge < -0.3 is 5.32 Å². The Labute approximate surface area is 122 Å². The molecule has 0 fully saturated rings. The van der Waals surface area contributed by atoms with Crippen LogP contribution in [0.5, 0.6) is 0 Å². The van der Waals surface area contributed by atoms with Crippen molar-refractivity contribution in [1.29, 1.82) is 0 Å². The normalized spacial score (nSPS) is 10.4. The van der Waals surface area contributed by atoms with Crippen LogP contribution < -0.4 is 5.32 Å². The fraction of sp³-hybridized carbons (Fsp3) is 0.167. The number of nitrogens with zero attached hydrogens (tertiary/aromatic N) is 2. The second-order valence-electron chi connectivity index (χ2n) is 3.73. The molecule has 0 aliphatic heterocycles. The molecule has 0 spiro atoms. The van der Waals surface area contributed by atoms with E-state index >= 15 is 0 Å². The summed E-state index contributed by atoms with van der Waals surface area (Å²) in [5.74, 6) is -0.115. The molecule has 4 nitrogen and oxygen atoms in total. The maximum absolute atomic E-state index is 12.0. The van der Waals surface area contributed by atoms with Crippen molar-refractivity contribution in [3.63, 3.8) is 0 Å². The first kappa shape index (κ1) is 13.3. The van der Waals surface area contributed by atoms with Crippen LogP contribution in [-0.2, 0) is 13.6 Å². The summed E-state index contributed by atoms with van der Waals surface area (Å²) in [5, 5.41) is 6.96. The highest BCUT2D eigenvalue weighted by atomic mass is 79.9. The lowest BCUT2D eigenvalue weighted by Crippen LogP contribution is -2.24. The molecule has 0 radical (unpaired) electrons. The van der Waals surface area contributed by atoms with E-state index in [-0.39, 0.29) is 5.91 Å². The summed E-state index contributed by atoms with van der Waals surface area (Å²) in [4.78, 5) is 12.0. The highest BCUT2D eigenvalue weighted by Gasteiger charge is 2.11. The standard InChI is InChI=1S/C12H11Br2N3O/c1-17-11(10(14)6-16-17)7-15-12(18)8-4-2-3-5-9(8)13/h2-6H,7H2,1H3,(H,15,18). The minimum absolute atomic E-state index is 0.115. The van der Waals surface area contributed by atoms with Crippen molar-refractivity contribution in [1.82, 2.24) is 15.1 Å². The van der Waals surface area contributed by atoms with Crippen LogP contribution in [0, 0.1) is 0 Å². The number of benzene rings is 1. The molecule has 6 heteroatoms. The Balaban J connectivity index is 2.08. The van der Waals surface area contributed by atoms with Gasteiger partial charge in [0.1, 0.15) is 0 Å². The zero-order valence-electron chi connectivity index (χ0n) is 9.65. The van der Waals surface area contributed by atoms with Crippen molar-refractivity contribution >= 4 is 37.8 Å². The Morgan fingerprint density at radius 1 is 1.33 bits per heavy atom. The fourth-order valence-electron chi connectivity index (χ4n) is 1.54. The SMILES string of the molecule is Cn1ncc(Br)c1CNC(=O)c1ccccc1Br. The monoisotopic (exact) mass is 371 g/mol. The van der Waals surface area contributed by atoms with E-state index in [0.717, 1.165) is 14.6 Å². The van der Waals surface area contributed by atoms with E-state index in [1.54, 1.807) is 16.9 Å². The zero-order valence-corrected chi connectivity index (χ0v) is 12.8. The van der Waals surface area contributed by atoms with E-state index in [2.05, 4.69) is 42.3 Å². The smallest absolute Gasteiger partial charge is 0.252 e. The van der Waals surface area contributed by atoms with Gasteiger partial charge in [-0.15, -0.1) is 0 Å². The summed E-state index contributed by atoms with van der Waals surface area (Å²) in [6, 6.07) is 7.32. The third-order valence-electron chi connectivity index (χ3n) is 2.55. The number of hydrogen-bond acceptors (Lipinski definition) is 2. The first-order valence-corrected chi connectivity index (χ1v) is 6.87. The number of carbonyl (C=O) groups excluding carboxylic acids is 1. The summed E-state index contributed by atoms with van der Waals surface area (Å²) in [7, 11) is 1.84. The van der Waals surface area contributed by atoms with Gasteiger partial charge in [0.15, 0.2) is 0 Å². The van der Waals surface area contributed by atoms with Crippen molar-refractivity contribution in [3.05, 3.63) is 50.7 Å². The van der Waals surface area contributed by atoms with Crippen LogP contribution in [-0.4, -0.2) is 15.7 Å². The molecule has 0 atom stereocenters. The molecular formula is C12H11Br2N3O. The first-order valence-electron chi connectivity index (χ1n) is 5.28. The van der Waals surface area contributed by atoms with Crippen LogP contribution in [0.4, 0.5) is 0 Å². The predicted octanol–water partition coefficient (Wildman–Crippen LogP) is 2.88. The molecule has 1 amide bonds. The van der Waals surface area contributed by atoms with Crippen molar-refractivity contribution in [3.8, 4) is 0 Å². The molecule has 1 N–H and O–H groups in total. The zero-order chi connectivity index (χ0) is 13.1. The average molecular weight is 373 g/mol. The molecule has 0 saturated heterocycles. The van der Waals surface area contributed by atoms with E-state index in [1.807, 2.05) is 25.2 Å². The largest absolute Gasteiger partial charge is 0.346 e. The van der Waals surface area contributed by atoms with Gasteiger partial charge in [0.25, 0.3) is 5.91 Å². The molecule has 0 aliphatic carbocycles. The summed E-state index contributed by atoms with van der Waals surface area (Å²) in [6.07, 6.45) is 1.71. The third kappa shape index (κ3) is 2.81. The van der Waals surface area contributed by atoms with Crippen LogP contribution in [0.25, 0.3) is 0 Å². The quantitative estimate of drug-likeness (QED) is 0.900. The van der Waals surface area contributed by atoms with Gasteiger partial charge >= 0.3 is 0 Å². The molecule has 1 heterocycles. The minimum atomic E-state index is -0.115. The van der Waals surface area contributed by atoms with Crippen LogP contribution >= 0.6 is 31.9 Å². The summed E-state index contributed by atoms with van der Waals surface area (Å²) in [6.45, 7) is 0.428. The predicted molar refractivity (Wildman–Crippen MR) is 76.2 cm³/mol. The first-order chi connectivity index (χ1) is 8.59. The van der Waals surface area contributed by atoms with Gasteiger partial charge in [-0.05, 0) is 44.0 Å². The van der Waals surface area contributed by atoms with Gasteiger partial charge in [-0.25, -0.2) is 0 Å². The van der Waals surface area contributed by atoms with Crippen molar-refractivity contribution in [2.75, 3.05) is 0 Å². The van der Waals surface area contributed by atoms with Gasteiger partial charge in [-0.3, -0.25) is 9.48 Å². The number of rotatable bonds is 3. The topological polar surface area (TPSA) is 46.9 Å². The van der Waals surface area contributed by atoms with Crippen molar-refractivity contribution in [2.45, 2.75) is 6.54 Å². The second-order valence-corrected chi connectivity index (χ2v) is 5.43. The minimum Gasteiger partial charge on any atom is -0.346 e. The molecule has 94 valence electrons. The number of amides is 1. The molecule has 0 saturated carbocycles. The molecule has 18 heavy (non-hydrogen) atoms. The molecule has 1 aromatic heterocycles. The molecule has 2 aromatic rings. The summed E-state index contributed by atoms with van der Waals surface area (Å²) >= 11 is 6.75. The van der Waals surface area contributed by atoms with Gasteiger partial charge in [0.05, 0.1) is 28.5 Å². The molecule has 0 unspecified atom stereocenters. The lowest BCUT2D eigenvalue weighted by Gasteiger charge is -2.07. The Morgan fingerprint density at radius 2 is 2.06 bits per heavy atom. The molecule has 1 aromatic carbocycles. The number of nitrogens with one attached hydrogen (secondary N) is 1. The van der Waals surface area contributed by atoms with Crippen LogP contribution in [0.1, 0.15) is 16.1 Å². The van der Waals surface area contributed by atoms with Gasteiger partial charge in [0, 0.05) is 11.5 Å². The van der Waals surface area contributed by atoms with Gasteiger partial charge in [-0.2, -0.15) is 5.10 Å². The number of aromatic nitrogens is 2. The Hall–Kier alpha value is -1.14. The van der Waals surface area contributed by atoms with Gasteiger partial charge in [0.2, 0.25) is 0 Å². The van der Waals surface area contributed by atoms with E-state index < -0.39 is 0 Å². The lowest BCUT2D eigenvalue weighted by atomic mass is 10.2. The Kier molecular flexibility index (Phi) is 4.19. The Bertz CT molecular complexity index is 561. The van der Waals surface area contributed by atoms with Crippen molar-refractivity contribution in [2.24, 2.45) is 7.05 Å². The average Bonchev–Trinajstić information content (AvgIpc) is 2.67. The molecule has 2 rings (SSSR count). The summed E-state index contributed by atoms with van der Waals surface area (Å²) in [5.41, 5.74) is 1.55. The van der Waals surface area contributed by atoms with Crippen LogP contribution in [0.15, 0.2) is 39.4 Å². The molecular weight excluding hydrogens is 362 g/mol. The molecule has 0 bridgehead atoms. The number of aryl methyl sites for hydroxylation is 1.